The number of benzene rings is 2. The lowest BCUT2D eigenvalue weighted by Gasteiger charge is -2.16. The highest BCUT2D eigenvalue weighted by molar-refractivity contribution is 5.90. The minimum Gasteiger partial charge on any atom is -0.383 e. The van der Waals surface area contributed by atoms with Gasteiger partial charge in [0.05, 0.1) is 23.1 Å². The van der Waals surface area contributed by atoms with Crippen LogP contribution in [0.25, 0.3) is 33.2 Å². The summed E-state index contributed by atoms with van der Waals surface area (Å²) >= 11 is 0. The highest BCUT2D eigenvalue weighted by Crippen LogP contribution is 2.33. The van der Waals surface area contributed by atoms with Crippen LogP contribution in [0, 0.1) is 11.8 Å². The second-order valence-electron chi connectivity index (χ2n) is 8.84. The smallest absolute Gasteiger partial charge is 0.164 e. The summed E-state index contributed by atoms with van der Waals surface area (Å²) in [6, 6.07) is 18.6. The maximum absolute atomic E-state index is 9.65. The van der Waals surface area contributed by atoms with Gasteiger partial charge in [0.1, 0.15) is 23.9 Å². The Morgan fingerprint density at radius 2 is 1.80 bits per heavy atom. The zero-order chi connectivity index (χ0) is 24.5. The van der Waals surface area contributed by atoms with Crippen molar-refractivity contribution in [3.63, 3.8) is 0 Å². The van der Waals surface area contributed by atoms with Crippen molar-refractivity contribution in [1.82, 2.24) is 24.7 Å². The lowest BCUT2D eigenvalue weighted by molar-refractivity contribution is 0.253. The summed E-state index contributed by atoms with van der Waals surface area (Å²) in [6.07, 6.45) is 0.639. The van der Waals surface area contributed by atoms with E-state index in [-0.39, 0.29) is 0 Å². The number of aliphatic hydroxyl groups excluding tert-OH is 1. The molecule has 2 aromatic carbocycles. The van der Waals surface area contributed by atoms with Crippen LogP contribution in [0.4, 0.5) is 5.82 Å². The van der Waals surface area contributed by atoms with Crippen LogP contribution in [0.5, 0.6) is 0 Å². The SMILES string of the molecule is CC(C)c1ccccc1-c1nc2ccccc2cc1Cn1nc(C#C[C@H](C)O)c2c(N)ncnc21. The Balaban J connectivity index is 1.73. The normalized spacial score (nSPS) is 12.1. The van der Waals surface area contributed by atoms with E-state index in [1.54, 1.807) is 11.6 Å². The van der Waals surface area contributed by atoms with Gasteiger partial charge in [-0.2, -0.15) is 5.10 Å². The lowest BCUT2D eigenvalue weighted by atomic mass is 9.92. The van der Waals surface area contributed by atoms with E-state index in [4.69, 9.17) is 15.8 Å². The van der Waals surface area contributed by atoms with E-state index in [9.17, 15) is 5.11 Å². The number of hydrogen-bond acceptors (Lipinski definition) is 6. The molecule has 3 N–H and O–H groups in total. The first-order chi connectivity index (χ1) is 16.9. The van der Waals surface area contributed by atoms with Gasteiger partial charge in [-0.3, -0.25) is 0 Å². The van der Waals surface area contributed by atoms with Gasteiger partial charge in [0, 0.05) is 16.5 Å². The average Bonchev–Trinajstić information content (AvgIpc) is 3.21. The van der Waals surface area contributed by atoms with Crippen LogP contribution in [0.2, 0.25) is 0 Å². The van der Waals surface area contributed by atoms with E-state index in [0.29, 0.717) is 35.0 Å². The molecule has 3 aromatic heterocycles. The first kappa shape index (κ1) is 22.5. The fourth-order valence-corrected chi connectivity index (χ4v) is 4.29. The Morgan fingerprint density at radius 1 is 1.03 bits per heavy atom. The number of hydrogen-bond donors (Lipinski definition) is 2. The first-order valence-corrected chi connectivity index (χ1v) is 11.6. The van der Waals surface area contributed by atoms with Gasteiger partial charge >= 0.3 is 0 Å². The van der Waals surface area contributed by atoms with Crippen LogP contribution in [-0.4, -0.2) is 35.9 Å². The number of fused-ring (bicyclic) bond motifs is 2. The molecule has 7 heteroatoms. The number of rotatable bonds is 4. The minimum absolute atomic E-state index is 0.304. The van der Waals surface area contributed by atoms with Crippen LogP contribution in [0.3, 0.4) is 0 Å². The van der Waals surface area contributed by atoms with E-state index < -0.39 is 6.10 Å². The van der Waals surface area contributed by atoms with Crippen molar-refractivity contribution in [2.45, 2.75) is 39.3 Å². The zero-order valence-electron chi connectivity index (χ0n) is 19.9. The molecule has 0 fully saturated rings. The van der Waals surface area contributed by atoms with Crippen molar-refractivity contribution in [2.24, 2.45) is 0 Å². The van der Waals surface area contributed by atoms with Crippen molar-refractivity contribution >= 4 is 27.8 Å². The number of aliphatic hydroxyl groups is 1. The Kier molecular flexibility index (Phi) is 5.89. The highest BCUT2D eigenvalue weighted by atomic mass is 16.3. The highest BCUT2D eigenvalue weighted by Gasteiger charge is 2.19. The van der Waals surface area contributed by atoms with Crippen LogP contribution < -0.4 is 5.73 Å². The number of anilines is 1. The van der Waals surface area contributed by atoms with E-state index in [1.807, 2.05) is 24.3 Å². The largest absolute Gasteiger partial charge is 0.383 e. The average molecular weight is 463 g/mol. The van der Waals surface area contributed by atoms with Crippen molar-refractivity contribution in [1.29, 1.82) is 0 Å². The molecular weight excluding hydrogens is 436 g/mol. The lowest BCUT2D eigenvalue weighted by Crippen LogP contribution is -2.07. The number of nitrogen functional groups attached to an aromatic ring is 1. The molecule has 0 aliphatic carbocycles. The third-order valence-electron chi connectivity index (χ3n) is 5.92. The number of nitrogens with zero attached hydrogens (tertiary/aromatic N) is 5. The van der Waals surface area contributed by atoms with Gasteiger partial charge in [-0.25, -0.2) is 19.6 Å². The quantitative estimate of drug-likeness (QED) is 0.381. The minimum atomic E-state index is -0.787. The summed E-state index contributed by atoms with van der Waals surface area (Å²) in [7, 11) is 0. The van der Waals surface area contributed by atoms with Crippen LogP contribution in [0.15, 0.2) is 60.9 Å². The maximum Gasteiger partial charge on any atom is 0.164 e. The molecule has 0 unspecified atom stereocenters. The van der Waals surface area contributed by atoms with E-state index in [2.05, 4.69) is 66.0 Å². The van der Waals surface area contributed by atoms with Gasteiger partial charge < -0.3 is 10.8 Å². The maximum atomic E-state index is 9.65. The molecule has 7 nitrogen and oxygen atoms in total. The standard InChI is InChI=1S/C28H26N6O/c1-17(2)21-9-5-6-10-22(21)26-20(14-19-8-4-7-11-23(19)32-26)15-34-28-25(27(29)30-16-31-28)24(33-34)13-12-18(3)35/h4-11,14,16-18,35H,15H2,1-3H3,(H2,29,30,31)/t18-/m0/s1. The van der Waals surface area contributed by atoms with Crippen molar-refractivity contribution in [3.8, 4) is 23.1 Å². The fraction of sp³-hybridized carbons (Fsp3) is 0.214. The van der Waals surface area contributed by atoms with Gasteiger partial charge in [-0.1, -0.05) is 62.2 Å². The summed E-state index contributed by atoms with van der Waals surface area (Å²) in [6.45, 7) is 6.40. The summed E-state index contributed by atoms with van der Waals surface area (Å²) in [5.41, 5.74) is 12.4. The fourth-order valence-electron chi connectivity index (χ4n) is 4.29. The van der Waals surface area contributed by atoms with E-state index >= 15 is 0 Å². The Morgan fingerprint density at radius 3 is 2.60 bits per heavy atom. The van der Waals surface area contributed by atoms with E-state index in [1.165, 1.54) is 11.9 Å². The van der Waals surface area contributed by atoms with Gasteiger partial charge in [-0.05, 0) is 36.5 Å². The molecule has 1 atom stereocenters. The van der Waals surface area contributed by atoms with Crippen molar-refractivity contribution in [3.05, 3.63) is 77.7 Å². The molecule has 35 heavy (non-hydrogen) atoms. The Labute approximate surface area is 203 Å². The monoisotopic (exact) mass is 462 g/mol. The van der Waals surface area contributed by atoms with Gasteiger partial charge in [0.15, 0.2) is 5.65 Å². The second kappa shape index (κ2) is 9.16. The molecule has 0 saturated heterocycles. The summed E-state index contributed by atoms with van der Waals surface area (Å²) < 4.78 is 1.78. The molecule has 0 radical (unpaired) electrons. The predicted octanol–water partition coefficient (Wildman–Crippen LogP) is 4.53. The molecular formula is C28H26N6O. The molecule has 5 aromatic rings. The molecule has 0 spiro atoms. The topological polar surface area (TPSA) is 103 Å². The molecule has 0 saturated carbocycles. The van der Waals surface area contributed by atoms with E-state index in [0.717, 1.165) is 27.7 Å². The van der Waals surface area contributed by atoms with Crippen molar-refractivity contribution < 1.29 is 5.11 Å². The zero-order valence-corrected chi connectivity index (χ0v) is 19.9. The van der Waals surface area contributed by atoms with Crippen LogP contribution >= 0.6 is 0 Å². The molecule has 0 bridgehead atoms. The third kappa shape index (κ3) is 4.32. The number of nitrogens with two attached hydrogens (primary N) is 1. The second-order valence-corrected chi connectivity index (χ2v) is 8.84. The molecule has 5 rings (SSSR count). The molecule has 0 aliphatic rings. The van der Waals surface area contributed by atoms with Gasteiger partial charge in [0.25, 0.3) is 0 Å². The van der Waals surface area contributed by atoms with Gasteiger partial charge in [-0.15, -0.1) is 0 Å². The first-order valence-electron chi connectivity index (χ1n) is 11.6. The number of aromatic nitrogens is 5. The summed E-state index contributed by atoms with van der Waals surface area (Å²) in [5.74, 6) is 6.32. The Bertz CT molecular complexity index is 1610. The molecule has 3 heterocycles. The summed E-state index contributed by atoms with van der Waals surface area (Å²) in [5, 5.41) is 16.0. The predicted molar refractivity (Wildman–Crippen MR) is 139 cm³/mol. The van der Waals surface area contributed by atoms with Crippen molar-refractivity contribution in [2.75, 3.05) is 5.73 Å². The van der Waals surface area contributed by atoms with Crippen LogP contribution in [-0.2, 0) is 6.54 Å². The third-order valence-corrected chi connectivity index (χ3v) is 5.92. The number of para-hydroxylation sites is 1. The van der Waals surface area contributed by atoms with Gasteiger partial charge in [0.2, 0.25) is 0 Å². The molecule has 0 aliphatic heterocycles. The molecule has 0 amide bonds. The molecule has 174 valence electrons. The number of pyridine rings is 1. The van der Waals surface area contributed by atoms with Crippen LogP contribution in [0.1, 0.15) is 43.5 Å². The summed E-state index contributed by atoms with van der Waals surface area (Å²) in [4.78, 5) is 13.7. The Hall–Kier alpha value is -4.28.